The molecule has 5 rings (SSSR count). The lowest BCUT2D eigenvalue weighted by Gasteiger charge is -2.38. The second-order valence-electron chi connectivity index (χ2n) is 7.14. The summed E-state index contributed by atoms with van der Waals surface area (Å²) in [5.41, 5.74) is 2.70. The molecule has 0 amide bonds. The quantitative estimate of drug-likeness (QED) is 0.447. The second-order valence-corrected chi connectivity index (χ2v) is 7.14. The topological polar surface area (TPSA) is 68.0 Å². The average molecular weight is 407 g/mol. The van der Waals surface area contributed by atoms with Crippen LogP contribution >= 0.6 is 0 Å². The number of rotatable bonds is 3. The van der Waals surface area contributed by atoms with Gasteiger partial charge < -0.3 is 4.74 Å². The van der Waals surface area contributed by atoms with Gasteiger partial charge in [0, 0.05) is 29.7 Å². The molecule has 0 saturated carbocycles. The summed E-state index contributed by atoms with van der Waals surface area (Å²) in [6.07, 6.45) is -0.290. The fraction of sp³-hybridized carbons (Fsp3) is 0.136. The number of fused-ring (bicyclic) bond motifs is 3. The molecule has 0 saturated heterocycles. The van der Waals surface area contributed by atoms with Crippen LogP contribution in [0.25, 0.3) is 0 Å². The molecule has 0 bridgehead atoms. The van der Waals surface area contributed by atoms with Gasteiger partial charge in [0.2, 0.25) is 6.23 Å². The van der Waals surface area contributed by atoms with E-state index >= 15 is 0 Å². The first-order chi connectivity index (χ1) is 14.5. The number of benzene rings is 3. The third-order valence-electron chi connectivity index (χ3n) is 5.32. The molecule has 30 heavy (non-hydrogen) atoms. The molecular formula is C22H15F2N3O3. The normalized spacial score (nSPS) is 19.5. The molecule has 0 aromatic heterocycles. The number of hydrazone groups is 1. The summed E-state index contributed by atoms with van der Waals surface area (Å²) in [7, 11) is 0. The van der Waals surface area contributed by atoms with E-state index in [2.05, 4.69) is 0 Å². The van der Waals surface area contributed by atoms with Crippen LogP contribution in [-0.2, 0) is 0 Å². The van der Waals surface area contributed by atoms with E-state index in [0.717, 1.165) is 23.4 Å². The van der Waals surface area contributed by atoms with E-state index in [9.17, 15) is 18.9 Å². The molecule has 2 atom stereocenters. The summed E-state index contributed by atoms with van der Waals surface area (Å²) in [5, 5.41) is 17.6. The number of nitro groups is 1. The van der Waals surface area contributed by atoms with Crippen LogP contribution < -0.4 is 4.74 Å². The lowest BCUT2D eigenvalue weighted by Crippen LogP contribution is -2.33. The van der Waals surface area contributed by atoms with Crippen molar-refractivity contribution in [3.63, 3.8) is 0 Å². The zero-order chi connectivity index (χ0) is 20.8. The molecule has 8 heteroatoms. The summed E-state index contributed by atoms with van der Waals surface area (Å²) in [6, 6.07) is 17.2. The summed E-state index contributed by atoms with van der Waals surface area (Å²) in [4.78, 5) is 10.8. The number of non-ortho nitro benzene ring substituents is 1. The average Bonchev–Trinajstić information content (AvgIpc) is 3.21. The third-order valence-corrected chi connectivity index (χ3v) is 5.32. The monoisotopic (exact) mass is 407 g/mol. The van der Waals surface area contributed by atoms with Crippen molar-refractivity contribution in [3.05, 3.63) is 105 Å². The van der Waals surface area contributed by atoms with Crippen molar-refractivity contribution in [2.45, 2.75) is 18.7 Å². The van der Waals surface area contributed by atoms with Gasteiger partial charge in [-0.1, -0.05) is 36.4 Å². The van der Waals surface area contributed by atoms with Gasteiger partial charge in [-0.05, 0) is 23.8 Å². The Balaban J connectivity index is 1.62. The van der Waals surface area contributed by atoms with E-state index in [4.69, 9.17) is 9.84 Å². The highest BCUT2D eigenvalue weighted by atomic mass is 19.2. The number of hydrogen-bond donors (Lipinski definition) is 0. The first-order valence-corrected chi connectivity index (χ1v) is 9.32. The molecule has 6 nitrogen and oxygen atoms in total. The van der Waals surface area contributed by atoms with Gasteiger partial charge in [-0.2, -0.15) is 5.10 Å². The van der Waals surface area contributed by atoms with Crippen molar-refractivity contribution >= 4 is 11.4 Å². The van der Waals surface area contributed by atoms with Crippen LogP contribution in [0.2, 0.25) is 0 Å². The van der Waals surface area contributed by atoms with E-state index < -0.39 is 22.8 Å². The molecule has 0 unspecified atom stereocenters. The molecule has 3 aromatic rings. The lowest BCUT2D eigenvalue weighted by atomic mass is 9.95. The summed E-state index contributed by atoms with van der Waals surface area (Å²) < 4.78 is 33.4. The Bertz CT molecular complexity index is 1180. The van der Waals surface area contributed by atoms with Crippen molar-refractivity contribution in [1.82, 2.24) is 5.01 Å². The smallest absolute Gasteiger partial charge is 0.270 e. The Hall–Kier alpha value is -3.81. The maximum Gasteiger partial charge on any atom is 0.270 e. The molecular weight excluding hydrogens is 392 g/mol. The Kier molecular flexibility index (Phi) is 4.20. The van der Waals surface area contributed by atoms with Crippen LogP contribution in [0.5, 0.6) is 5.75 Å². The fourth-order valence-electron chi connectivity index (χ4n) is 3.88. The first kappa shape index (κ1) is 18.2. The zero-order valence-electron chi connectivity index (χ0n) is 15.5. The third kappa shape index (κ3) is 2.97. The Morgan fingerprint density at radius 2 is 1.83 bits per heavy atom. The number of hydrogen-bond acceptors (Lipinski definition) is 5. The lowest BCUT2D eigenvalue weighted by molar-refractivity contribution is -0.385. The SMILES string of the molecule is O=[N+]([O-])c1ccc2c(c1)[C@H]1CC(c3ccccc3)=NN1[C@H](c1ccc(F)c(F)c1)O2. The molecule has 2 aliphatic rings. The zero-order valence-corrected chi connectivity index (χ0v) is 15.5. The van der Waals surface area contributed by atoms with Crippen molar-refractivity contribution in [2.75, 3.05) is 0 Å². The summed E-state index contributed by atoms with van der Waals surface area (Å²) in [6.45, 7) is 0. The number of ether oxygens (including phenoxy) is 1. The van der Waals surface area contributed by atoms with Crippen molar-refractivity contribution in [1.29, 1.82) is 0 Å². The predicted octanol–water partition coefficient (Wildman–Crippen LogP) is 5.12. The molecule has 0 aliphatic carbocycles. The van der Waals surface area contributed by atoms with Gasteiger partial charge in [0.15, 0.2) is 11.6 Å². The van der Waals surface area contributed by atoms with Gasteiger partial charge in [-0.15, -0.1) is 0 Å². The largest absolute Gasteiger partial charge is 0.464 e. The van der Waals surface area contributed by atoms with Gasteiger partial charge in [-0.25, -0.2) is 13.8 Å². The summed E-state index contributed by atoms with van der Waals surface area (Å²) in [5.74, 6) is -1.47. The number of halogens is 2. The van der Waals surface area contributed by atoms with Crippen molar-refractivity contribution in [2.24, 2.45) is 5.10 Å². The highest BCUT2D eigenvalue weighted by Gasteiger charge is 2.41. The maximum absolute atomic E-state index is 13.9. The molecule has 2 aliphatic heterocycles. The number of nitrogens with zero attached hydrogens (tertiary/aromatic N) is 3. The van der Waals surface area contributed by atoms with Crippen LogP contribution in [0.15, 0.2) is 71.8 Å². The number of nitro benzene ring substituents is 1. The first-order valence-electron chi connectivity index (χ1n) is 9.32. The Labute approximate surface area is 170 Å². The van der Waals surface area contributed by atoms with Gasteiger partial charge in [0.05, 0.1) is 16.7 Å². The molecule has 3 aromatic carbocycles. The molecule has 0 radical (unpaired) electrons. The van der Waals surface area contributed by atoms with E-state index in [-0.39, 0.29) is 11.7 Å². The van der Waals surface area contributed by atoms with Crippen molar-refractivity contribution < 1.29 is 18.4 Å². The van der Waals surface area contributed by atoms with E-state index in [1.54, 1.807) is 5.01 Å². The molecule has 0 N–H and O–H groups in total. The van der Waals surface area contributed by atoms with E-state index in [1.165, 1.54) is 24.3 Å². The van der Waals surface area contributed by atoms with Gasteiger partial charge >= 0.3 is 0 Å². The Morgan fingerprint density at radius 1 is 1.03 bits per heavy atom. The van der Waals surface area contributed by atoms with E-state index in [1.807, 2.05) is 30.3 Å². The minimum Gasteiger partial charge on any atom is -0.464 e. The summed E-state index contributed by atoms with van der Waals surface area (Å²) >= 11 is 0. The highest BCUT2D eigenvalue weighted by Crippen LogP contribution is 2.48. The van der Waals surface area contributed by atoms with Crippen LogP contribution in [0, 0.1) is 21.7 Å². The van der Waals surface area contributed by atoms with Crippen LogP contribution in [0.4, 0.5) is 14.5 Å². The van der Waals surface area contributed by atoms with Gasteiger partial charge in [-0.3, -0.25) is 10.1 Å². The van der Waals surface area contributed by atoms with E-state index in [0.29, 0.717) is 23.3 Å². The predicted molar refractivity (Wildman–Crippen MR) is 105 cm³/mol. The van der Waals surface area contributed by atoms with Crippen molar-refractivity contribution in [3.8, 4) is 5.75 Å². The minimum atomic E-state index is -0.978. The van der Waals surface area contributed by atoms with Gasteiger partial charge in [0.25, 0.3) is 5.69 Å². The fourth-order valence-corrected chi connectivity index (χ4v) is 3.88. The Morgan fingerprint density at radius 3 is 2.57 bits per heavy atom. The molecule has 0 fully saturated rings. The minimum absolute atomic E-state index is 0.0447. The van der Waals surface area contributed by atoms with Gasteiger partial charge in [0.1, 0.15) is 5.75 Å². The standard InChI is InChI=1S/C22H15F2N3O3/c23-17-8-6-14(10-18(17)24)22-26-20(12-19(25-26)13-4-2-1-3-5-13)16-11-15(27(28)29)7-9-21(16)30-22/h1-11,20,22H,12H2/t20-,22+/m1/s1. The maximum atomic E-state index is 13.9. The highest BCUT2D eigenvalue weighted by molar-refractivity contribution is 6.01. The van der Waals surface area contributed by atoms with Crippen LogP contribution in [-0.4, -0.2) is 15.6 Å². The van der Waals surface area contributed by atoms with Crippen LogP contribution in [0.1, 0.15) is 35.4 Å². The second kappa shape index (κ2) is 6.91. The van der Waals surface area contributed by atoms with Crippen LogP contribution in [0.3, 0.4) is 0 Å². The molecule has 0 spiro atoms. The molecule has 150 valence electrons. The molecule has 2 heterocycles.